The number of aryl methyl sites for hydroxylation is 1. The van der Waals surface area contributed by atoms with E-state index in [1.165, 1.54) is 18.5 Å². The third kappa shape index (κ3) is 5.04. The smallest absolute Gasteiger partial charge is 0.146 e. The first-order valence-electron chi connectivity index (χ1n) is 10.7. The Balaban J connectivity index is 1.69. The molecular formula is C24H29FN4O3S. The Bertz CT molecular complexity index is 1280. The van der Waals surface area contributed by atoms with Crippen LogP contribution in [0.1, 0.15) is 32.8 Å². The highest BCUT2D eigenvalue weighted by Crippen LogP contribution is 2.34. The summed E-state index contributed by atoms with van der Waals surface area (Å²) in [4.78, 5) is 8.82. The molecule has 9 heteroatoms. The van der Waals surface area contributed by atoms with Crippen molar-refractivity contribution in [3.8, 4) is 5.75 Å². The Kier molecular flexibility index (Phi) is 6.20. The molecule has 7 nitrogen and oxygen atoms in total. The monoisotopic (exact) mass is 472 g/mol. The summed E-state index contributed by atoms with van der Waals surface area (Å²) in [6.45, 7) is 8.69. The van der Waals surface area contributed by atoms with Gasteiger partial charge in [0.1, 0.15) is 29.8 Å². The van der Waals surface area contributed by atoms with E-state index in [9.17, 15) is 8.60 Å². The molecule has 176 valence electrons. The Labute approximate surface area is 193 Å². The number of nitrogens with one attached hydrogen (secondary N) is 2. The zero-order valence-electron chi connectivity index (χ0n) is 19.3. The van der Waals surface area contributed by atoms with E-state index in [2.05, 4.69) is 25.9 Å². The minimum absolute atomic E-state index is 0.120. The molecule has 1 saturated heterocycles. The summed E-state index contributed by atoms with van der Waals surface area (Å²) in [6.07, 6.45) is 2.09. The van der Waals surface area contributed by atoms with E-state index in [-0.39, 0.29) is 11.9 Å². The Hall–Kier alpha value is -2.91. The summed E-state index contributed by atoms with van der Waals surface area (Å²) in [5.41, 5.74) is 2.83. The zero-order valence-corrected chi connectivity index (χ0v) is 20.1. The highest BCUT2D eigenvalue weighted by Gasteiger charge is 2.24. The van der Waals surface area contributed by atoms with Crippen molar-refractivity contribution in [1.29, 1.82) is 0 Å². The van der Waals surface area contributed by atoms with Gasteiger partial charge in [-0.05, 0) is 63.4 Å². The van der Waals surface area contributed by atoms with E-state index >= 15 is 0 Å². The highest BCUT2D eigenvalue weighted by molar-refractivity contribution is 8.02. The molecule has 1 aliphatic rings. The standard InChI is InChI=1S/C24H29FN4O3S/c1-15-10-17(29-33(5,30)24(2,3)4)12-20-22(15)23(27-14-26-20)28-19-7-6-16(25)11-21(19)32-18-8-9-31-13-18/h6-7,10-12,14,18H,5,8-9,13H2,1-4H3,(H,29,30)(H,26,27,28). The minimum atomic E-state index is -2.59. The molecule has 4 rings (SSSR count). The molecule has 0 bridgehead atoms. The van der Waals surface area contributed by atoms with Crippen LogP contribution in [0.25, 0.3) is 10.9 Å². The first kappa shape index (κ1) is 23.3. The van der Waals surface area contributed by atoms with Crippen LogP contribution in [-0.2, 0) is 14.4 Å². The highest BCUT2D eigenvalue weighted by atomic mass is 32.2. The van der Waals surface area contributed by atoms with Crippen molar-refractivity contribution in [2.45, 2.75) is 45.0 Å². The zero-order chi connectivity index (χ0) is 23.8. The minimum Gasteiger partial charge on any atom is -0.486 e. The van der Waals surface area contributed by atoms with E-state index < -0.39 is 14.5 Å². The quantitative estimate of drug-likeness (QED) is 0.500. The molecule has 2 atom stereocenters. The van der Waals surface area contributed by atoms with Crippen LogP contribution in [0, 0.1) is 12.7 Å². The fraction of sp³-hybridized carbons (Fsp3) is 0.375. The van der Waals surface area contributed by atoms with E-state index in [1.807, 2.05) is 39.8 Å². The predicted octanol–water partition coefficient (Wildman–Crippen LogP) is 4.83. The summed E-state index contributed by atoms with van der Waals surface area (Å²) in [5, 5.41) is 4.08. The van der Waals surface area contributed by atoms with Gasteiger partial charge in [0.2, 0.25) is 0 Å². The topological polar surface area (TPSA) is 85.4 Å². The maximum Gasteiger partial charge on any atom is 0.146 e. The Morgan fingerprint density at radius 3 is 2.73 bits per heavy atom. The van der Waals surface area contributed by atoms with Crippen molar-refractivity contribution in [2.24, 2.45) is 0 Å². The normalized spacial score (nSPS) is 18.2. The first-order valence-corrected chi connectivity index (χ1v) is 12.5. The van der Waals surface area contributed by atoms with Gasteiger partial charge in [-0.2, -0.15) is 0 Å². The molecule has 0 radical (unpaired) electrons. The summed E-state index contributed by atoms with van der Waals surface area (Å²) < 4.78 is 40.9. The van der Waals surface area contributed by atoms with Crippen molar-refractivity contribution in [2.75, 3.05) is 23.3 Å². The van der Waals surface area contributed by atoms with E-state index in [0.29, 0.717) is 41.7 Å². The molecule has 0 aliphatic carbocycles. The molecule has 3 aromatic rings. The van der Waals surface area contributed by atoms with Gasteiger partial charge >= 0.3 is 0 Å². The number of hydrogen-bond donors (Lipinski definition) is 2. The van der Waals surface area contributed by atoms with Gasteiger partial charge in [0.15, 0.2) is 0 Å². The van der Waals surface area contributed by atoms with Crippen LogP contribution in [0.15, 0.2) is 36.7 Å². The van der Waals surface area contributed by atoms with Gasteiger partial charge in [-0.1, -0.05) is 0 Å². The lowest BCUT2D eigenvalue weighted by atomic mass is 10.1. The predicted molar refractivity (Wildman–Crippen MR) is 132 cm³/mol. The van der Waals surface area contributed by atoms with Crippen LogP contribution in [0.4, 0.5) is 21.6 Å². The number of nitrogens with zero attached hydrogens (tertiary/aromatic N) is 2. The van der Waals surface area contributed by atoms with E-state index in [4.69, 9.17) is 9.47 Å². The molecule has 33 heavy (non-hydrogen) atoms. The SMILES string of the molecule is C=S(=O)(Nc1cc(C)c2c(Nc3ccc(F)cc3OC3CCOC3)ncnc2c1)C(C)(C)C. The number of anilines is 3. The number of benzene rings is 2. The Morgan fingerprint density at radius 1 is 1.24 bits per heavy atom. The van der Waals surface area contributed by atoms with Gasteiger partial charge < -0.3 is 19.5 Å². The molecule has 0 saturated carbocycles. The lowest BCUT2D eigenvalue weighted by Crippen LogP contribution is -2.33. The molecule has 2 N–H and O–H groups in total. The number of rotatable bonds is 6. The third-order valence-corrected chi connectivity index (χ3v) is 8.13. The fourth-order valence-corrected chi connectivity index (χ4v) is 4.30. The second kappa shape index (κ2) is 8.79. The summed E-state index contributed by atoms with van der Waals surface area (Å²) in [6, 6.07) is 8.07. The molecule has 2 aromatic carbocycles. The van der Waals surface area contributed by atoms with Crippen molar-refractivity contribution < 1.29 is 18.1 Å². The van der Waals surface area contributed by atoms with Crippen molar-refractivity contribution in [1.82, 2.24) is 9.97 Å². The molecular weight excluding hydrogens is 443 g/mol. The van der Waals surface area contributed by atoms with Gasteiger partial charge in [0, 0.05) is 28.3 Å². The molecule has 1 aromatic heterocycles. The lowest BCUT2D eigenvalue weighted by molar-refractivity contribution is 0.141. The average Bonchev–Trinajstić information content (AvgIpc) is 3.22. The van der Waals surface area contributed by atoms with Crippen LogP contribution in [0.2, 0.25) is 0 Å². The van der Waals surface area contributed by atoms with Crippen LogP contribution < -0.4 is 14.8 Å². The van der Waals surface area contributed by atoms with Crippen LogP contribution >= 0.6 is 0 Å². The second-order valence-electron chi connectivity index (χ2n) is 9.17. The molecule has 1 fully saturated rings. The van der Waals surface area contributed by atoms with Crippen LogP contribution in [0.5, 0.6) is 5.75 Å². The average molecular weight is 473 g/mol. The van der Waals surface area contributed by atoms with Gasteiger partial charge in [-0.3, -0.25) is 0 Å². The number of hydrogen-bond acceptors (Lipinski definition) is 6. The number of fused-ring (bicyclic) bond motifs is 1. The molecule has 0 spiro atoms. The fourth-order valence-electron chi connectivity index (χ4n) is 3.50. The second-order valence-corrected chi connectivity index (χ2v) is 11.9. The van der Waals surface area contributed by atoms with Gasteiger partial charge in [-0.25, -0.2) is 18.6 Å². The van der Waals surface area contributed by atoms with Gasteiger partial charge in [0.05, 0.1) is 34.1 Å². The first-order chi connectivity index (χ1) is 15.5. The number of ether oxygens (including phenoxy) is 2. The summed E-state index contributed by atoms with van der Waals surface area (Å²) in [7, 11) is -2.59. The van der Waals surface area contributed by atoms with Crippen LogP contribution in [-0.4, -0.2) is 44.1 Å². The molecule has 1 aliphatic heterocycles. The molecule has 0 amide bonds. The van der Waals surface area contributed by atoms with E-state index in [0.717, 1.165) is 17.4 Å². The molecule has 2 heterocycles. The molecule has 2 unspecified atom stereocenters. The summed E-state index contributed by atoms with van der Waals surface area (Å²) in [5.74, 6) is 4.47. The largest absolute Gasteiger partial charge is 0.486 e. The number of aromatic nitrogens is 2. The lowest BCUT2D eigenvalue weighted by Gasteiger charge is -2.26. The van der Waals surface area contributed by atoms with Crippen LogP contribution in [0.3, 0.4) is 0 Å². The summed E-state index contributed by atoms with van der Waals surface area (Å²) >= 11 is 0. The maximum atomic E-state index is 13.9. The van der Waals surface area contributed by atoms with E-state index in [1.54, 1.807) is 6.07 Å². The van der Waals surface area contributed by atoms with Gasteiger partial charge in [-0.15, -0.1) is 0 Å². The van der Waals surface area contributed by atoms with Crippen molar-refractivity contribution in [3.63, 3.8) is 0 Å². The maximum absolute atomic E-state index is 13.9. The van der Waals surface area contributed by atoms with Crippen molar-refractivity contribution in [3.05, 3.63) is 48.0 Å². The Morgan fingerprint density at radius 2 is 2.03 bits per heavy atom. The third-order valence-electron chi connectivity index (χ3n) is 5.59. The van der Waals surface area contributed by atoms with Gasteiger partial charge in [0.25, 0.3) is 0 Å². The number of halogens is 1. The van der Waals surface area contributed by atoms with Crippen molar-refractivity contribution >= 4 is 43.7 Å².